The minimum atomic E-state index is -6.09. The molecular formula is C17H16F3NO3S. The van der Waals surface area contributed by atoms with Gasteiger partial charge in [-0.25, -0.2) is 8.42 Å². The van der Waals surface area contributed by atoms with Crippen molar-refractivity contribution in [3.8, 4) is 0 Å². The van der Waals surface area contributed by atoms with E-state index in [1.54, 1.807) is 0 Å². The average Bonchev–Trinajstić information content (AvgIpc) is 2.50. The summed E-state index contributed by atoms with van der Waals surface area (Å²) in [5, 5.41) is 0. The third-order valence-corrected chi connectivity index (χ3v) is 3.45. The van der Waals surface area contributed by atoms with Crippen molar-refractivity contribution in [1.82, 2.24) is 4.67 Å². The van der Waals surface area contributed by atoms with Crippen LogP contribution in [-0.2, 0) is 10.1 Å². The molecule has 8 heteroatoms. The lowest BCUT2D eigenvalue weighted by molar-refractivity contribution is -0.0517. The molecule has 4 nitrogen and oxygen atoms in total. The van der Waals surface area contributed by atoms with Gasteiger partial charge in [0, 0.05) is 0 Å². The largest absolute Gasteiger partial charge is 0.741 e. The van der Waals surface area contributed by atoms with Gasteiger partial charge in [-0.2, -0.15) is 13.2 Å². The number of benzene rings is 2. The Morgan fingerprint density at radius 2 is 1.12 bits per heavy atom. The molecule has 2 aromatic carbocycles. The maximum absolute atomic E-state index is 10.7. The van der Waals surface area contributed by atoms with Gasteiger partial charge in [-0.1, -0.05) is 40.1 Å². The maximum Gasteiger partial charge on any atom is 0.485 e. The monoisotopic (exact) mass is 371 g/mol. The Balaban J connectivity index is 0.000000333. The van der Waals surface area contributed by atoms with Crippen LogP contribution in [0.2, 0.25) is 0 Å². The van der Waals surface area contributed by atoms with Crippen LogP contribution in [0.4, 0.5) is 13.2 Å². The van der Waals surface area contributed by atoms with E-state index in [0.29, 0.717) is 0 Å². The molecule has 0 unspecified atom stereocenters. The van der Waals surface area contributed by atoms with Gasteiger partial charge < -0.3 is 4.55 Å². The summed E-state index contributed by atoms with van der Waals surface area (Å²) >= 11 is 0. The molecule has 0 aliphatic carbocycles. The molecule has 0 fully saturated rings. The highest BCUT2D eigenvalue weighted by molar-refractivity contribution is 7.86. The average molecular weight is 371 g/mol. The van der Waals surface area contributed by atoms with Crippen LogP contribution in [0, 0.1) is 13.8 Å². The topological polar surface area (TPSA) is 71.3 Å². The number of aryl methyl sites for hydroxylation is 2. The molecule has 25 heavy (non-hydrogen) atoms. The van der Waals surface area contributed by atoms with Crippen LogP contribution in [-0.4, -0.2) is 30.9 Å². The van der Waals surface area contributed by atoms with Gasteiger partial charge >= 0.3 is 5.51 Å². The van der Waals surface area contributed by atoms with E-state index in [0.717, 1.165) is 11.1 Å². The lowest BCUT2D eigenvalue weighted by atomic mass is 10.2. The third kappa shape index (κ3) is 7.80. The van der Waals surface area contributed by atoms with Gasteiger partial charge in [0.2, 0.25) is 0 Å². The summed E-state index contributed by atoms with van der Waals surface area (Å²) < 4.78 is 63.2. The van der Waals surface area contributed by atoms with Crippen LogP contribution >= 0.6 is 0 Å². The number of nitrogens with zero attached hydrogens (tertiary/aromatic N) is 1. The number of rotatable bonds is 2. The molecule has 0 saturated carbocycles. The molecular weight excluding hydrogens is 355 g/mol. The summed E-state index contributed by atoms with van der Waals surface area (Å²) in [5.41, 5.74) is -0.861. The van der Waals surface area contributed by atoms with Crippen molar-refractivity contribution in [2.75, 3.05) is 0 Å². The van der Waals surface area contributed by atoms with E-state index in [-0.39, 0.29) is 0 Å². The van der Waals surface area contributed by atoms with E-state index in [4.69, 9.17) is 13.0 Å². The van der Waals surface area contributed by atoms with Crippen molar-refractivity contribution in [3.05, 3.63) is 70.8 Å². The van der Waals surface area contributed by atoms with Crippen LogP contribution in [0.3, 0.4) is 0 Å². The van der Waals surface area contributed by atoms with E-state index in [2.05, 4.69) is 67.0 Å². The maximum atomic E-state index is 10.7. The summed E-state index contributed by atoms with van der Waals surface area (Å²) in [5.74, 6) is 0. The zero-order valence-electron chi connectivity index (χ0n) is 13.5. The lowest BCUT2D eigenvalue weighted by Crippen LogP contribution is -2.21. The van der Waals surface area contributed by atoms with E-state index in [1.165, 1.54) is 11.1 Å². The van der Waals surface area contributed by atoms with Gasteiger partial charge in [-0.3, -0.25) is 0 Å². The van der Waals surface area contributed by atoms with Crippen molar-refractivity contribution in [3.63, 3.8) is 0 Å². The van der Waals surface area contributed by atoms with E-state index in [9.17, 15) is 13.2 Å². The molecule has 0 radical (unpaired) electrons. The molecule has 0 N–H and O–H groups in total. The van der Waals surface area contributed by atoms with Gasteiger partial charge in [0.25, 0.3) is 12.4 Å². The lowest BCUT2D eigenvalue weighted by Gasteiger charge is -2.08. The quantitative estimate of drug-likeness (QED) is 0.353. The van der Waals surface area contributed by atoms with Crippen LogP contribution in [0.25, 0.3) is 0 Å². The number of hydrogen-bond acceptors (Lipinski definition) is 3. The third-order valence-electron chi connectivity index (χ3n) is 2.89. The summed E-state index contributed by atoms with van der Waals surface area (Å²) in [6, 6.07) is 16.6. The first-order chi connectivity index (χ1) is 11.5. The fourth-order valence-electron chi connectivity index (χ4n) is 1.51. The number of hydrogen-bond donors (Lipinski definition) is 0. The SMILES string of the molecule is Cc1ccc(C=[N+]=Cc2ccc(C)cc2)cc1.O=S(=O)([O-])C(F)(F)F. The predicted octanol–water partition coefficient (Wildman–Crippen LogP) is 2.96. The Morgan fingerprint density at radius 3 is 1.36 bits per heavy atom. The van der Waals surface area contributed by atoms with Gasteiger partial charge in [0.1, 0.15) is 0 Å². The van der Waals surface area contributed by atoms with Gasteiger partial charge in [-0.15, -0.1) is 0 Å². The Morgan fingerprint density at radius 1 is 0.840 bits per heavy atom. The van der Waals surface area contributed by atoms with Crippen LogP contribution in [0.1, 0.15) is 22.3 Å². The summed E-state index contributed by atoms with van der Waals surface area (Å²) in [6.07, 6.45) is 3.75. The minimum absolute atomic E-state index is 1.12. The number of halogens is 3. The zero-order chi connectivity index (χ0) is 19.1. The normalized spacial score (nSPS) is 11.0. The molecule has 134 valence electrons. The molecule has 0 aliphatic heterocycles. The van der Waals surface area contributed by atoms with Crippen molar-refractivity contribution in [1.29, 1.82) is 0 Å². The minimum Gasteiger partial charge on any atom is -0.741 e. The number of alkyl halides is 3. The zero-order valence-corrected chi connectivity index (χ0v) is 14.3. The predicted molar refractivity (Wildman–Crippen MR) is 90.6 cm³/mol. The van der Waals surface area contributed by atoms with Crippen molar-refractivity contribution >= 4 is 22.5 Å². The summed E-state index contributed by atoms with van der Waals surface area (Å²) in [4.78, 5) is 0. The standard InChI is InChI=1S/C16H16N.CHF3O3S/c1-13-3-7-15(8-4-13)11-17-12-16-9-5-14(2)6-10-16;2-1(3,4)8(5,6)7/h3-12H,1-2H3;(H,5,6,7)/q+1;/p-1. The fourth-order valence-corrected chi connectivity index (χ4v) is 1.51. The highest BCUT2D eigenvalue weighted by Gasteiger charge is 2.36. The molecule has 0 atom stereocenters. The Labute approximate surface area is 144 Å². The van der Waals surface area contributed by atoms with Crippen molar-refractivity contribution in [2.24, 2.45) is 0 Å². The first-order valence-electron chi connectivity index (χ1n) is 7.01. The fraction of sp³-hybridized carbons (Fsp3) is 0.176. The molecule has 2 rings (SSSR count). The smallest absolute Gasteiger partial charge is 0.485 e. The molecule has 0 bridgehead atoms. The molecule has 0 heterocycles. The molecule has 2 aromatic rings. The Hall–Kier alpha value is -2.41. The van der Waals surface area contributed by atoms with Crippen LogP contribution < -0.4 is 4.67 Å². The highest BCUT2D eigenvalue weighted by atomic mass is 32.2. The van der Waals surface area contributed by atoms with E-state index < -0.39 is 15.6 Å². The first-order valence-corrected chi connectivity index (χ1v) is 8.42. The second-order valence-corrected chi connectivity index (χ2v) is 6.50. The first kappa shape index (κ1) is 20.6. The van der Waals surface area contributed by atoms with Gasteiger partial charge in [-0.05, 0) is 38.1 Å². The Bertz CT molecular complexity index is 800. The second-order valence-electron chi connectivity index (χ2n) is 5.13. The summed E-state index contributed by atoms with van der Waals surface area (Å²) in [6.45, 7) is 4.17. The molecule has 0 amide bonds. The highest BCUT2D eigenvalue weighted by Crippen LogP contribution is 2.20. The van der Waals surface area contributed by atoms with Crippen LogP contribution in [0.15, 0.2) is 48.5 Å². The second kappa shape index (κ2) is 8.62. The van der Waals surface area contributed by atoms with E-state index in [1.807, 2.05) is 12.4 Å². The van der Waals surface area contributed by atoms with Crippen molar-refractivity contribution < 1.29 is 26.1 Å². The Kier molecular flexibility index (Phi) is 7.11. The van der Waals surface area contributed by atoms with Gasteiger partial charge in [0.15, 0.2) is 10.1 Å². The van der Waals surface area contributed by atoms with Gasteiger partial charge in [0.05, 0.1) is 11.1 Å². The molecule has 0 spiro atoms. The molecule has 0 aliphatic rings. The van der Waals surface area contributed by atoms with Crippen LogP contribution in [0.5, 0.6) is 0 Å². The summed E-state index contributed by atoms with van der Waals surface area (Å²) in [7, 11) is -6.09. The molecule has 0 aromatic heterocycles. The van der Waals surface area contributed by atoms with E-state index >= 15 is 0 Å². The van der Waals surface area contributed by atoms with Crippen molar-refractivity contribution in [2.45, 2.75) is 19.4 Å². The molecule has 0 saturated heterocycles.